The van der Waals surface area contributed by atoms with Gasteiger partial charge in [-0.25, -0.2) is 4.79 Å². The normalized spacial score (nSPS) is 15.9. The smallest absolute Gasteiger partial charge is 0.349 e. The number of rotatable bonds is 6. The molecule has 1 aliphatic heterocycles. The third-order valence-electron chi connectivity index (χ3n) is 4.64. The van der Waals surface area contributed by atoms with Gasteiger partial charge in [-0.1, -0.05) is 12.1 Å². The first-order valence-corrected chi connectivity index (χ1v) is 8.85. The number of ether oxygens (including phenoxy) is 1. The van der Waals surface area contributed by atoms with Crippen LogP contribution in [0.3, 0.4) is 0 Å². The second-order valence-electron chi connectivity index (χ2n) is 6.57. The van der Waals surface area contributed by atoms with Crippen LogP contribution in [0, 0.1) is 6.92 Å². The van der Waals surface area contributed by atoms with Gasteiger partial charge in [0.25, 0.3) is 5.91 Å². The van der Waals surface area contributed by atoms with E-state index < -0.39 is 5.63 Å². The van der Waals surface area contributed by atoms with E-state index in [1.165, 1.54) is 0 Å². The summed E-state index contributed by atoms with van der Waals surface area (Å²) in [7, 11) is 1.63. The molecule has 0 bridgehead atoms. The molecule has 3 rings (SSSR count). The lowest BCUT2D eigenvalue weighted by atomic mass is 10.1. The Labute approximate surface area is 164 Å². The maximum Gasteiger partial charge on any atom is 0.349 e. The van der Waals surface area contributed by atoms with E-state index in [-0.39, 0.29) is 29.9 Å². The lowest BCUT2D eigenvalue weighted by molar-refractivity contribution is 0.0935. The fourth-order valence-corrected chi connectivity index (χ4v) is 3.16. The molecule has 0 spiro atoms. The highest BCUT2D eigenvalue weighted by Gasteiger charge is 2.22. The Kier molecular flexibility index (Phi) is 7.45. The van der Waals surface area contributed by atoms with Crippen molar-refractivity contribution in [2.45, 2.75) is 32.2 Å². The molecule has 6 nitrogen and oxygen atoms in total. The van der Waals surface area contributed by atoms with Gasteiger partial charge in [0.1, 0.15) is 17.1 Å². The fraction of sp³-hybridized carbons (Fsp3) is 0.400. The highest BCUT2D eigenvalue weighted by atomic mass is 35.5. The van der Waals surface area contributed by atoms with Crippen LogP contribution >= 0.6 is 12.4 Å². The lowest BCUT2D eigenvalue weighted by Crippen LogP contribution is -2.38. The maximum absolute atomic E-state index is 12.4. The summed E-state index contributed by atoms with van der Waals surface area (Å²) in [5.41, 5.74) is 1.30. The number of carbonyl (C=O) groups is 1. The number of methoxy groups -OCH3 is 1. The average molecular weight is 393 g/mol. The predicted octanol–water partition coefficient (Wildman–Crippen LogP) is 2.26. The van der Waals surface area contributed by atoms with Crippen molar-refractivity contribution < 1.29 is 13.9 Å². The maximum atomic E-state index is 12.4. The average Bonchev–Trinajstić information content (AvgIpc) is 3.12. The summed E-state index contributed by atoms with van der Waals surface area (Å²) in [5, 5.41) is 6.07. The van der Waals surface area contributed by atoms with Crippen molar-refractivity contribution in [2.24, 2.45) is 0 Å². The monoisotopic (exact) mass is 392 g/mol. The van der Waals surface area contributed by atoms with Crippen LogP contribution < -0.4 is 21.0 Å². The van der Waals surface area contributed by atoms with Gasteiger partial charge < -0.3 is 19.8 Å². The highest BCUT2D eigenvalue weighted by molar-refractivity contribution is 5.95. The van der Waals surface area contributed by atoms with Crippen molar-refractivity contribution in [3.05, 3.63) is 63.2 Å². The molecule has 2 heterocycles. The third-order valence-corrected chi connectivity index (χ3v) is 4.64. The molecule has 1 amide bonds. The number of carbonyl (C=O) groups excluding carboxylic acids is 1. The van der Waals surface area contributed by atoms with E-state index >= 15 is 0 Å². The zero-order valence-corrected chi connectivity index (χ0v) is 16.4. The molecule has 1 aromatic heterocycles. The largest absolute Gasteiger partial charge is 0.497 e. The Morgan fingerprint density at radius 3 is 2.63 bits per heavy atom. The van der Waals surface area contributed by atoms with Crippen LogP contribution in [0.1, 0.15) is 33.7 Å². The molecule has 146 valence electrons. The predicted molar refractivity (Wildman–Crippen MR) is 106 cm³/mol. The zero-order chi connectivity index (χ0) is 18.5. The summed E-state index contributed by atoms with van der Waals surface area (Å²) in [6, 6.07) is 9.63. The summed E-state index contributed by atoms with van der Waals surface area (Å²) in [6.45, 7) is 3.38. The van der Waals surface area contributed by atoms with E-state index in [9.17, 15) is 9.59 Å². The van der Waals surface area contributed by atoms with Gasteiger partial charge in [0.15, 0.2) is 0 Å². The van der Waals surface area contributed by atoms with Gasteiger partial charge in [0.05, 0.1) is 7.11 Å². The number of halogens is 1. The topological polar surface area (TPSA) is 80.6 Å². The van der Waals surface area contributed by atoms with Crippen LogP contribution in [-0.4, -0.2) is 32.1 Å². The van der Waals surface area contributed by atoms with Crippen LogP contribution in [-0.2, 0) is 12.8 Å². The van der Waals surface area contributed by atoms with Gasteiger partial charge >= 0.3 is 5.63 Å². The molecule has 2 N–H and O–H groups in total. The molecule has 1 fully saturated rings. The number of amides is 1. The van der Waals surface area contributed by atoms with Gasteiger partial charge in [0, 0.05) is 19.0 Å². The van der Waals surface area contributed by atoms with Crippen LogP contribution in [0.15, 0.2) is 39.5 Å². The molecule has 0 aliphatic carbocycles. The molecule has 1 saturated heterocycles. The first-order valence-electron chi connectivity index (χ1n) is 8.85. The van der Waals surface area contributed by atoms with E-state index in [1.807, 2.05) is 24.3 Å². The summed E-state index contributed by atoms with van der Waals surface area (Å²) in [4.78, 5) is 24.7. The first kappa shape index (κ1) is 21.0. The molecule has 7 heteroatoms. The molecule has 1 aromatic carbocycles. The quantitative estimate of drug-likeness (QED) is 0.788. The highest BCUT2D eigenvalue weighted by Crippen LogP contribution is 2.14. The van der Waals surface area contributed by atoms with E-state index in [4.69, 9.17) is 9.15 Å². The number of benzene rings is 1. The SMILES string of the molecule is COc1ccc(CCc2cc(C)c(C(=O)N[C@H]3CCNC3)c(=O)o2)cc1.Cl. The van der Waals surface area contributed by atoms with Crippen molar-refractivity contribution >= 4 is 18.3 Å². The summed E-state index contributed by atoms with van der Waals surface area (Å²) < 4.78 is 10.5. The van der Waals surface area contributed by atoms with Crippen molar-refractivity contribution in [1.29, 1.82) is 0 Å². The Balaban J connectivity index is 0.00000261. The molecule has 0 saturated carbocycles. The minimum atomic E-state index is -0.571. The van der Waals surface area contributed by atoms with Gasteiger partial charge in [0.2, 0.25) is 0 Å². The summed E-state index contributed by atoms with van der Waals surface area (Å²) >= 11 is 0. The van der Waals surface area contributed by atoms with Crippen LogP contribution in [0.4, 0.5) is 0 Å². The van der Waals surface area contributed by atoms with Crippen molar-refractivity contribution in [3.63, 3.8) is 0 Å². The second kappa shape index (κ2) is 9.58. The Morgan fingerprint density at radius 2 is 2.04 bits per heavy atom. The van der Waals surface area contributed by atoms with Crippen molar-refractivity contribution in [3.8, 4) is 5.75 Å². The summed E-state index contributed by atoms with van der Waals surface area (Å²) in [6.07, 6.45) is 2.21. The van der Waals surface area contributed by atoms with Gasteiger partial charge in [-0.3, -0.25) is 4.79 Å². The lowest BCUT2D eigenvalue weighted by Gasteiger charge is -2.12. The van der Waals surface area contributed by atoms with Crippen molar-refractivity contribution in [1.82, 2.24) is 10.6 Å². The van der Waals surface area contributed by atoms with Crippen LogP contribution in [0.25, 0.3) is 0 Å². The van der Waals surface area contributed by atoms with Crippen LogP contribution in [0.5, 0.6) is 5.75 Å². The van der Waals surface area contributed by atoms with Gasteiger partial charge in [-0.15, -0.1) is 12.4 Å². The molecule has 0 radical (unpaired) electrons. The summed E-state index contributed by atoms with van der Waals surface area (Å²) in [5.74, 6) is 1.04. The number of aryl methyl sites for hydroxylation is 3. The molecular weight excluding hydrogens is 368 g/mol. The minimum absolute atomic E-state index is 0. The van der Waals surface area contributed by atoms with E-state index in [0.29, 0.717) is 17.7 Å². The molecule has 1 atom stereocenters. The fourth-order valence-electron chi connectivity index (χ4n) is 3.16. The van der Waals surface area contributed by atoms with E-state index in [2.05, 4.69) is 10.6 Å². The Morgan fingerprint density at radius 1 is 1.30 bits per heavy atom. The standard InChI is InChI=1S/C20H24N2O4.ClH/c1-13-11-17(8-5-14-3-6-16(25-2)7-4-14)26-20(24)18(13)19(23)22-15-9-10-21-12-15;/h3-4,6-7,11,15,21H,5,8-10,12H2,1-2H3,(H,22,23);1H/t15-;/m0./s1. The number of nitrogens with one attached hydrogen (secondary N) is 2. The second-order valence-corrected chi connectivity index (χ2v) is 6.57. The first-order chi connectivity index (χ1) is 12.6. The van der Waals surface area contributed by atoms with Gasteiger partial charge in [-0.05, 0) is 55.6 Å². The Bertz CT molecular complexity index is 827. The third kappa shape index (κ3) is 5.34. The van der Waals surface area contributed by atoms with E-state index in [1.54, 1.807) is 20.1 Å². The molecule has 2 aromatic rings. The minimum Gasteiger partial charge on any atom is -0.497 e. The Hall–Kier alpha value is -2.31. The van der Waals surface area contributed by atoms with Gasteiger partial charge in [-0.2, -0.15) is 0 Å². The molecular formula is C20H25ClN2O4. The molecule has 0 unspecified atom stereocenters. The molecule has 1 aliphatic rings. The van der Waals surface area contributed by atoms with Crippen molar-refractivity contribution in [2.75, 3.05) is 20.2 Å². The van der Waals surface area contributed by atoms with E-state index in [0.717, 1.165) is 37.2 Å². The number of hydrogen-bond acceptors (Lipinski definition) is 5. The molecule has 27 heavy (non-hydrogen) atoms. The number of hydrogen-bond donors (Lipinski definition) is 2. The zero-order valence-electron chi connectivity index (χ0n) is 15.5. The van der Waals surface area contributed by atoms with Crippen LogP contribution in [0.2, 0.25) is 0 Å².